The molecule has 11 heavy (non-hydrogen) atoms. The van der Waals surface area contributed by atoms with E-state index in [1.165, 1.54) is 11.9 Å². The molecule has 0 spiro atoms. The molecular weight excluding hydrogens is 182 g/mol. The van der Waals surface area contributed by atoms with E-state index in [9.17, 15) is 4.79 Å². The lowest BCUT2D eigenvalue weighted by molar-refractivity contribution is -0.116. The first kappa shape index (κ1) is 9.36. The number of carbonyl (C=O) groups is 1. The summed E-state index contributed by atoms with van der Waals surface area (Å²) >= 11 is 7.17. The van der Waals surface area contributed by atoms with Gasteiger partial charge in [-0.3, -0.25) is 4.79 Å². The van der Waals surface area contributed by atoms with Crippen molar-refractivity contribution < 1.29 is 4.79 Å². The van der Waals surface area contributed by atoms with Crippen LogP contribution in [0.25, 0.3) is 0 Å². The van der Waals surface area contributed by atoms with E-state index in [4.69, 9.17) is 11.6 Å². The van der Waals surface area contributed by atoms with Crippen molar-refractivity contribution in [3.63, 3.8) is 0 Å². The molecule has 0 aromatic carbocycles. The van der Waals surface area contributed by atoms with Crippen molar-refractivity contribution in [1.82, 2.24) is 4.31 Å². The Bertz CT molecular complexity index is 153. The van der Waals surface area contributed by atoms with E-state index in [0.29, 0.717) is 6.54 Å². The summed E-state index contributed by atoms with van der Waals surface area (Å²) in [6.45, 7) is 3.65. The van der Waals surface area contributed by atoms with Crippen LogP contribution in [0.2, 0.25) is 0 Å². The molecule has 1 heterocycles. The second-order valence-electron chi connectivity index (χ2n) is 2.60. The molecule has 64 valence electrons. The predicted octanol–water partition coefficient (Wildman–Crippen LogP) is 1.88. The van der Waals surface area contributed by atoms with Crippen molar-refractivity contribution >= 4 is 29.3 Å². The van der Waals surface area contributed by atoms with E-state index in [1.807, 2.05) is 4.31 Å². The average Bonchev–Trinajstić information content (AvgIpc) is 2.28. The number of nitrogens with zero attached hydrogens (tertiary/aromatic N) is 1. The second kappa shape index (κ2) is 4.33. The van der Waals surface area contributed by atoms with Gasteiger partial charge in [-0.1, -0.05) is 25.3 Å². The smallest absolute Gasteiger partial charge is 0.176 e. The molecule has 1 aliphatic heterocycles. The average molecular weight is 194 g/mol. The van der Waals surface area contributed by atoms with Crippen LogP contribution in [0.15, 0.2) is 0 Å². The molecule has 1 fully saturated rings. The predicted molar refractivity (Wildman–Crippen MR) is 48.7 cm³/mol. The van der Waals surface area contributed by atoms with E-state index in [-0.39, 0.29) is 10.5 Å². The van der Waals surface area contributed by atoms with Gasteiger partial charge in [-0.2, -0.15) is 0 Å². The van der Waals surface area contributed by atoms with E-state index in [2.05, 4.69) is 6.92 Å². The lowest BCUT2D eigenvalue weighted by Gasteiger charge is -2.10. The highest BCUT2D eigenvalue weighted by Crippen LogP contribution is 2.28. The topological polar surface area (TPSA) is 20.3 Å². The third kappa shape index (κ3) is 2.65. The lowest BCUT2D eigenvalue weighted by atomic mass is 10.3. The molecule has 0 saturated carbocycles. The van der Waals surface area contributed by atoms with E-state index >= 15 is 0 Å². The summed E-state index contributed by atoms with van der Waals surface area (Å²) in [6, 6.07) is 0. The van der Waals surface area contributed by atoms with Crippen LogP contribution in [0.5, 0.6) is 0 Å². The molecule has 1 aliphatic rings. The van der Waals surface area contributed by atoms with Gasteiger partial charge in [0.2, 0.25) is 0 Å². The second-order valence-corrected chi connectivity index (χ2v) is 4.50. The van der Waals surface area contributed by atoms with E-state index in [1.54, 1.807) is 0 Å². The normalized spacial score (nSPS) is 26.4. The van der Waals surface area contributed by atoms with Crippen LogP contribution in [-0.2, 0) is 4.79 Å². The Kier molecular flexibility index (Phi) is 3.69. The number of halogens is 1. The van der Waals surface area contributed by atoms with Gasteiger partial charge in [-0.15, -0.1) is 11.6 Å². The fourth-order valence-electron chi connectivity index (χ4n) is 0.939. The summed E-state index contributed by atoms with van der Waals surface area (Å²) in [6.07, 6.45) is 2.31. The molecule has 0 aromatic heterocycles. The molecular formula is C7H12ClNOS. The molecule has 1 atom stereocenters. The van der Waals surface area contributed by atoms with Gasteiger partial charge in [0.15, 0.2) is 10.5 Å². The van der Waals surface area contributed by atoms with Crippen LogP contribution in [0.1, 0.15) is 19.8 Å². The summed E-state index contributed by atoms with van der Waals surface area (Å²) in [4.78, 5) is 11.0. The first-order valence-electron chi connectivity index (χ1n) is 3.82. The van der Waals surface area contributed by atoms with Gasteiger partial charge in [-0.05, 0) is 6.42 Å². The highest BCUT2D eigenvalue weighted by atomic mass is 35.5. The molecule has 2 nitrogen and oxygen atoms in total. The summed E-state index contributed by atoms with van der Waals surface area (Å²) in [7, 11) is 0. The minimum Gasteiger partial charge on any atom is -0.296 e. The number of carbonyl (C=O) groups excluding carboxylic acids is 1. The quantitative estimate of drug-likeness (QED) is 0.505. The molecule has 1 saturated heterocycles. The van der Waals surface area contributed by atoms with Gasteiger partial charge in [0.05, 0.1) is 6.54 Å². The number of unbranched alkanes of at least 4 members (excludes halogenated alkanes) is 1. The summed E-state index contributed by atoms with van der Waals surface area (Å²) in [5.74, 6) is 0.146. The first-order chi connectivity index (χ1) is 5.24. The molecule has 4 heteroatoms. The Labute approximate surface area is 76.4 Å². The van der Waals surface area contributed by atoms with Crippen molar-refractivity contribution in [2.75, 3.05) is 13.1 Å². The standard InChI is InChI=1S/C7H12ClNOS/c1-2-3-4-9-5-6(10)7(8)11-9/h7H,2-5H2,1H3. The van der Waals surface area contributed by atoms with Crippen LogP contribution < -0.4 is 0 Å². The zero-order chi connectivity index (χ0) is 8.27. The van der Waals surface area contributed by atoms with Crippen molar-refractivity contribution in [3.05, 3.63) is 0 Å². The molecule has 0 aromatic rings. The van der Waals surface area contributed by atoms with Crippen molar-refractivity contribution in [2.45, 2.75) is 24.5 Å². The Balaban J connectivity index is 2.24. The van der Waals surface area contributed by atoms with Crippen LogP contribution in [0, 0.1) is 0 Å². The monoisotopic (exact) mass is 193 g/mol. The molecule has 0 bridgehead atoms. The Morgan fingerprint density at radius 1 is 1.82 bits per heavy atom. The number of hydrogen-bond donors (Lipinski definition) is 0. The van der Waals surface area contributed by atoms with Crippen molar-refractivity contribution in [1.29, 1.82) is 0 Å². The number of hydrogen-bond acceptors (Lipinski definition) is 3. The van der Waals surface area contributed by atoms with E-state index < -0.39 is 0 Å². The summed E-state index contributed by atoms with van der Waals surface area (Å²) < 4.78 is 1.72. The van der Waals surface area contributed by atoms with Crippen LogP contribution >= 0.6 is 23.5 Å². The van der Waals surface area contributed by atoms with E-state index in [0.717, 1.165) is 19.4 Å². The fraction of sp³-hybridized carbons (Fsp3) is 0.857. The van der Waals surface area contributed by atoms with Gasteiger partial charge in [-0.25, -0.2) is 4.31 Å². The third-order valence-electron chi connectivity index (χ3n) is 1.59. The Morgan fingerprint density at radius 3 is 3.00 bits per heavy atom. The van der Waals surface area contributed by atoms with Crippen LogP contribution in [0.3, 0.4) is 0 Å². The fourth-order valence-corrected chi connectivity index (χ4v) is 2.24. The minimum atomic E-state index is -0.327. The van der Waals surface area contributed by atoms with Gasteiger partial charge >= 0.3 is 0 Å². The maximum absolute atomic E-state index is 11.0. The lowest BCUT2D eigenvalue weighted by Crippen LogP contribution is -2.16. The van der Waals surface area contributed by atoms with Gasteiger partial charge in [0, 0.05) is 6.54 Å². The maximum Gasteiger partial charge on any atom is 0.176 e. The zero-order valence-corrected chi connectivity index (χ0v) is 8.12. The third-order valence-corrected chi connectivity index (χ3v) is 3.13. The van der Waals surface area contributed by atoms with Gasteiger partial charge in [0.1, 0.15) is 0 Å². The summed E-state index contributed by atoms with van der Waals surface area (Å²) in [5, 5.41) is 0. The highest BCUT2D eigenvalue weighted by Gasteiger charge is 2.29. The van der Waals surface area contributed by atoms with Crippen LogP contribution in [0.4, 0.5) is 0 Å². The van der Waals surface area contributed by atoms with Crippen LogP contribution in [-0.4, -0.2) is 27.9 Å². The zero-order valence-electron chi connectivity index (χ0n) is 6.55. The molecule has 0 aliphatic carbocycles. The van der Waals surface area contributed by atoms with Gasteiger partial charge in [0.25, 0.3) is 0 Å². The maximum atomic E-state index is 11.0. The van der Waals surface area contributed by atoms with Crippen molar-refractivity contribution in [3.8, 4) is 0 Å². The molecule has 1 unspecified atom stereocenters. The molecule has 0 radical (unpaired) electrons. The molecule has 1 rings (SSSR count). The summed E-state index contributed by atoms with van der Waals surface area (Å²) in [5.41, 5.74) is 0. The number of alkyl halides is 1. The number of Topliss-reactive ketones (excluding diaryl/α,β-unsaturated/α-hetero) is 1. The first-order valence-corrected chi connectivity index (χ1v) is 5.10. The SMILES string of the molecule is CCCCN1CC(=O)C(Cl)S1. The molecule has 0 amide bonds. The number of ketones is 1. The Morgan fingerprint density at radius 2 is 2.55 bits per heavy atom. The number of rotatable bonds is 3. The van der Waals surface area contributed by atoms with Crippen molar-refractivity contribution in [2.24, 2.45) is 0 Å². The molecule has 0 N–H and O–H groups in total. The largest absolute Gasteiger partial charge is 0.296 e. The minimum absolute atomic E-state index is 0.146. The Hall–Kier alpha value is 0.270. The highest BCUT2D eigenvalue weighted by molar-refractivity contribution is 8.00. The van der Waals surface area contributed by atoms with Gasteiger partial charge < -0.3 is 0 Å².